The SMILES string of the molecule is Cc1ccc2c(c1)C1(CCc3ccc4ccccc4c31)c1ccccc1-2. The molecule has 0 heteroatoms. The molecule has 0 amide bonds. The zero-order chi connectivity index (χ0) is 17.3. The Morgan fingerprint density at radius 1 is 0.731 bits per heavy atom. The van der Waals surface area contributed by atoms with E-state index in [0.29, 0.717) is 0 Å². The highest BCUT2D eigenvalue weighted by Gasteiger charge is 2.48. The minimum absolute atomic E-state index is 0.00808. The van der Waals surface area contributed by atoms with E-state index in [4.69, 9.17) is 0 Å². The average Bonchev–Trinajstić information content (AvgIpc) is 3.20. The standard InChI is InChI=1S/C26H20/c1-17-10-13-22-21-8-4-5-9-23(21)26(24(22)16-17)15-14-19-12-11-18-6-2-3-7-20(18)25(19)26/h2-13,16H,14-15H2,1H3. The molecule has 0 aliphatic heterocycles. The summed E-state index contributed by atoms with van der Waals surface area (Å²) in [7, 11) is 0. The van der Waals surface area contributed by atoms with E-state index in [9.17, 15) is 0 Å². The van der Waals surface area contributed by atoms with Crippen molar-refractivity contribution in [2.45, 2.75) is 25.2 Å². The monoisotopic (exact) mass is 332 g/mol. The Morgan fingerprint density at radius 3 is 2.50 bits per heavy atom. The van der Waals surface area contributed by atoms with Crippen molar-refractivity contribution in [2.24, 2.45) is 0 Å². The fourth-order valence-corrected chi connectivity index (χ4v) is 5.50. The molecule has 0 saturated heterocycles. The van der Waals surface area contributed by atoms with E-state index in [-0.39, 0.29) is 5.41 Å². The summed E-state index contributed by atoms with van der Waals surface area (Å²) in [5.74, 6) is 0. The molecule has 0 bridgehead atoms. The summed E-state index contributed by atoms with van der Waals surface area (Å²) in [6, 6.07) is 29.7. The Labute approximate surface area is 154 Å². The summed E-state index contributed by atoms with van der Waals surface area (Å²) in [4.78, 5) is 0. The molecule has 0 fully saturated rings. The maximum absolute atomic E-state index is 2.44. The Kier molecular flexibility index (Phi) is 2.68. The van der Waals surface area contributed by atoms with E-state index in [2.05, 4.69) is 85.8 Å². The molecule has 1 atom stereocenters. The first kappa shape index (κ1) is 14.3. The van der Waals surface area contributed by atoms with E-state index in [1.807, 2.05) is 0 Å². The zero-order valence-corrected chi connectivity index (χ0v) is 14.9. The van der Waals surface area contributed by atoms with Gasteiger partial charge < -0.3 is 0 Å². The summed E-state index contributed by atoms with van der Waals surface area (Å²) in [6.07, 6.45) is 2.33. The van der Waals surface area contributed by atoms with Crippen molar-refractivity contribution in [2.75, 3.05) is 0 Å². The molecule has 0 nitrogen and oxygen atoms in total. The van der Waals surface area contributed by atoms with Crippen LogP contribution < -0.4 is 0 Å². The normalized spacial score (nSPS) is 19.6. The van der Waals surface area contributed by atoms with Gasteiger partial charge in [-0.15, -0.1) is 0 Å². The Balaban J connectivity index is 1.82. The van der Waals surface area contributed by atoms with Gasteiger partial charge in [-0.25, -0.2) is 0 Å². The molecule has 4 aromatic rings. The van der Waals surface area contributed by atoms with Crippen LogP contribution in [0.25, 0.3) is 21.9 Å². The molecule has 6 rings (SSSR count). The lowest BCUT2D eigenvalue weighted by Gasteiger charge is -2.30. The first-order chi connectivity index (χ1) is 12.8. The Bertz CT molecular complexity index is 1200. The van der Waals surface area contributed by atoms with Crippen LogP contribution in [0, 0.1) is 6.92 Å². The molecule has 2 aliphatic carbocycles. The highest BCUT2D eigenvalue weighted by atomic mass is 14.5. The van der Waals surface area contributed by atoms with E-state index in [1.165, 1.54) is 50.6 Å². The van der Waals surface area contributed by atoms with Crippen molar-refractivity contribution >= 4 is 10.8 Å². The lowest BCUT2D eigenvalue weighted by atomic mass is 9.72. The van der Waals surface area contributed by atoms with Crippen LogP contribution in [0.4, 0.5) is 0 Å². The van der Waals surface area contributed by atoms with Gasteiger partial charge in [-0.1, -0.05) is 84.4 Å². The summed E-state index contributed by atoms with van der Waals surface area (Å²) in [6.45, 7) is 2.22. The molecular formula is C26H20. The van der Waals surface area contributed by atoms with E-state index >= 15 is 0 Å². The molecule has 0 heterocycles. The number of hydrogen-bond acceptors (Lipinski definition) is 0. The number of benzene rings is 4. The Morgan fingerprint density at radius 2 is 1.54 bits per heavy atom. The highest BCUT2D eigenvalue weighted by Crippen LogP contribution is 2.59. The van der Waals surface area contributed by atoms with Crippen LogP contribution in [-0.4, -0.2) is 0 Å². The van der Waals surface area contributed by atoms with Gasteiger partial charge >= 0.3 is 0 Å². The molecule has 0 radical (unpaired) electrons. The van der Waals surface area contributed by atoms with Gasteiger partial charge in [-0.3, -0.25) is 0 Å². The molecule has 2 aliphatic rings. The van der Waals surface area contributed by atoms with Crippen molar-refractivity contribution in [3.63, 3.8) is 0 Å². The average molecular weight is 332 g/mol. The summed E-state index contributed by atoms with van der Waals surface area (Å²) >= 11 is 0. The first-order valence-corrected chi connectivity index (χ1v) is 9.51. The summed E-state index contributed by atoms with van der Waals surface area (Å²) in [5, 5.41) is 2.78. The largest absolute Gasteiger partial charge is 0.0619 e. The summed E-state index contributed by atoms with van der Waals surface area (Å²) in [5.41, 5.74) is 10.3. The van der Waals surface area contributed by atoms with Crippen LogP contribution >= 0.6 is 0 Å². The van der Waals surface area contributed by atoms with Crippen molar-refractivity contribution in [1.82, 2.24) is 0 Å². The smallest absolute Gasteiger partial charge is 0.0475 e. The maximum atomic E-state index is 2.44. The van der Waals surface area contributed by atoms with Gasteiger partial charge in [0, 0.05) is 5.41 Å². The van der Waals surface area contributed by atoms with Gasteiger partial charge in [0.15, 0.2) is 0 Å². The molecule has 1 unspecified atom stereocenters. The molecule has 1 spiro atoms. The number of hydrogen-bond donors (Lipinski definition) is 0. The highest BCUT2D eigenvalue weighted by molar-refractivity contribution is 5.94. The van der Waals surface area contributed by atoms with Gasteiger partial charge in [0.1, 0.15) is 0 Å². The second kappa shape index (κ2) is 4.86. The predicted molar refractivity (Wildman–Crippen MR) is 109 cm³/mol. The van der Waals surface area contributed by atoms with Crippen LogP contribution in [0.15, 0.2) is 78.9 Å². The second-order valence-corrected chi connectivity index (χ2v) is 7.82. The molecule has 0 saturated carbocycles. The fraction of sp³-hybridized carbons (Fsp3) is 0.154. The third-order valence-corrected chi connectivity index (χ3v) is 6.52. The minimum Gasteiger partial charge on any atom is -0.0619 e. The minimum atomic E-state index is 0.00808. The third-order valence-electron chi connectivity index (χ3n) is 6.52. The first-order valence-electron chi connectivity index (χ1n) is 9.51. The van der Waals surface area contributed by atoms with E-state index < -0.39 is 0 Å². The van der Waals surface area contributed by atoms with Gasteiger partial charge in [-0.05, 0) is 63.9 Å². The zero-order valence-electron chi connectivity index (χ0n) is 14.9. The van der Waals surface area contributed by atoms with Crippen molar-refractivity contribution < 1.29 is 0 Å². The van der Waals surface area contributed by atoms with Gasteiger partial charge in [0.05, 0.1) is 0 Å². The quantitative estimate of drug-likeness (QED) is 0.349. The molecule has 26 heavy (non-hydrogen) atoms. The molecule has 4 aromatic carbocycles. The van der Waals surface area contributed by atoms with E-state index in [0.717, 1.165) is 6.42 Å². The number of fused-ring (bicyclic) bond motifs is 9. The number of aryl methyl sites for hydroxylation is 2. The molecule has 0 N–H and O–H groups in total. The van der Waals surface area contributed by atoms with Crippen molar-refractivity contribution in [1.29, 1.82) is 0 Å². The lowest BCUT2D eigenvalue weighted by Crippen LogP contribution is -2.24. The van der Waals surface area contributed by atoms with Gasteiger partial charge in [-0.2, -0.15) is 0 Å². The summed E-state index contributed by atoms with van der Waals surface area (Å²) < 4.78 is 0. The van der Waals surface area contributed by atoms with Crippen LogP contribution in [0.3, 0.4) is 0 Å². The van der Waals surface area contributed by atoms with Crippen LogP contribution in [0.5, 0.6) is 0 Å². The predicted octanol–water partition coefficient (Wildman–Crippen LogP) is 6.41. The molecule has 124 valence electrons. The van der Waals surface area contributed by atoms with Crippen molar-refractivity contribution in [3.8, 4) is 11.1 Å². The third kappa shape index (κ3) is 1.60. The molecule has 0 aromatic heterocycles. The van der Waals surface area contributed by atoms with Crippen LogP contribution in [0.2, 0.25) is 0 Å². The van der Waals surface area contributed by atoms with E-state index in [1.54, 1.807) is 5.56 Å². The Hall–Kier alpha value is -2.86. The maximum Gasteiger partial charge on any atom is 0.0475 e. The topological polar surface area (TPSA) is 0 Å². The fourth-order valence-electron chi connectivity index (χ4n) is 5.50. The second-order valence-electron chi connectivity index (χ2n) is 7.82. The van der Waals surface area contributed by atoms with Crippen molar-refractivity contribution in [3.05, 3.63) is 107 Å². The lowest BCUT2D eigenvalue weighted by molar-refractivity contribution is 0.629. The van der Waals surface area contributed by atoms with Crippen LogP contribution in [-0.2, 0) is 11.8 Å². The molecular weight excluding hydrogens is 312 g/mol. The van der Waals surface area contributed by atoms with Gasteiger partial charge in [0.25, 0.3) is 0 Å². The van der Waals surface area contributed by atoms with Gasteiger partial charge in [0.2, 0.25) is 0 Å². The van der Waals surface area contributed by atoms with Crippen LogP contribution in [0.1, 0.15) is 34.2 Å². The number of rotatable bonds is 0.